The fourth-order valence-corrected chi connectivity index (χ4v) is 6.84. The summed E-state index contributed by atoms with van der Waals surface area (Å²) in [5.41, 5.74) is 0. The first-order chi connectivity index (χ1) is 8.70. The van der Waals surface area contributed by atoms with E-state index in [1.165, 1.54) is 38.0 Å². The van der Waals surface area contributed by atoms with Gasteiger partial charge in [-0.2, -0.15) is 0 Å². The molecule has 0 aliphatic heterocycles. The highest BCUT2D eigenvalue weighted by molar-refractivity contribution is 7.71. The van der Waals surface area contributed by atoms with Crippen LogP contribution in [0.15, 0.2) is 24.3 Å². The summed E-state index contributed by atoms with van der Waals surface area (Å²) < 4.78 is 0. The molecule has 0 spiro atoms. The molecule has 0 saturated carbocycles. The Morgan fingerprint density at radius 2 is 1.17 bits per heavy atom. The number of rotatable bonds is 8. The third-order valence-electron chi connectivity index (χ3n) is 3.40. The van der Waals surface area contributed by atoms with Crippen LogP contribution in [0, 0.1) is 0 Å². The molecule has 2 atom stereocenters. The third-order valence-corrected chi connectivity index (χ3v) is 7.97. The number of hydrogen-bond acceptors (Lipinski definition) is 0. The molecule has 0 nitrogen and oxygen atoms in total. The molecule has 0 heterocycles. The molecule has 2 heteroatoms. The maximum absolute atomic E-state index is 2.47. The van der Waals surface area contributed by atoms with Crippen molar-refractivity contribution in [1.29, 1.82) is 0 Å². The third kappa shape index (κ3) is 4.99. The topological polar surface area (TPSA) is 0 Å². The smallest absolute Gasteiger partial charge is 0.0167 e. The van der Waals surface area contributed by atoms with Crippen molar-refractivity contribution in [2.24, 2.45) is 0 Å². The quantitative estimate of drug-likeness (QED) is 0.603. The maximum atomic E-state index is 2.47. The van der Waals surface area contributed by atoms with Gasteiger partial charge >= 0.3 is 0 Å². The second kappa shape index (κ2) is 9.06. The summed E-state index contributed by atoms with van der Waals surface area (Å²) in [5, 5.41) is 3.37. The van der Waals surface area contributed by atoms with Gasteiger partial charge in [-0.15, -0.1) is 0 Å². The molecular formula is C16H28P2. The summed E-state index contributed by atoms with van der Waals surface area (Å²) >= 11 is 0. The van der Waals surface area contributed by atoms with E-state index in [0.29, 0.717) is 0 Å². The normalized spacial score (nSPS) is 14.4. The van der Waals surface area contributed by atoms with Crippen LogP contribution in [-0.4, -0.2) is 25.7 Å². The van der Waals surface area contributed by atoms with Crippen LogP contribution >= 0.6 is 15.8 Å². The predicted molar refractivity (Wildman–Crippen MR) is 90.9 cm³/mol. The zero-order chi connectivity index (χ0) is 13.4. The Morgan fingerprint density at radius 3 is 1.50 bits per heavy atom. The van der Waals surface area contributed by atoms with Crippen molar-refractivity contribution in [1.82, 2.24) is 0 Å². The van der Waals surface area contributed by atoms with Crippen molar-refractivity contribution in [3.63, 3.8) is 0 Å². The first-order valence-corrected chi connectivity index (χ1v) is 11.2. The van der Waals surface area contributed by atoms with E-state index >= 15 is 0 Å². The molecule has 1 aromatic carbocycles. The van der Waals surface area contributed by atoms with Crippen LogP contribution < -0.4 is 10.6 Å². The molecule has 18 heavy (non-hydrogen) atoms. The minimum absolute atomic E-state index is 0.0664. The number of hydrogen-bond donors (Lipinski definition) is 0. The van der Waals surface area contributed by atoms with Gasteiger partial charge in [0.2, 0.25) is 0 Å². The van der Waals surface area contributed by atoms with E-state index in [0.717, 1.165) is 0 Å². The van der Waals surface area contributed by atoms with Crippen molar-refractivity contribution < 1.29 is 0 Å². The molecule has 0 saturated heterocycles. The van der Waals surface area contributed by atoms with Crippen molar-refractivity contribution in [2.75, 3.05) is 25.7 Å². The van der Waals surface area contributed by atoms with Crippen LogP contribution in [0.3, 0.4) is 0 Å². The van der Waals surface area contributed by atoms with Gasteiger partial charge in [-0.05, 0) is 49.1 Å². The molecule has 0 radical (unpaired) electrons. The van der Waals surface area contributed by atoms with Crippen LogP contribution in [0.2, 0.25) is 0 Å². The SMILES string of the molecule is CCCC[P@@](C)c1ccccc1[P@](C)CCCC. The van der Waals surface area contributed by atoms with Gasteiger partial charge in [0.25, 0.3) is 0 Å². The van der Waals surface area contributed by atoms with Gasteiger partial charge < -0.3 is 0 Å². The van der Waals surface area contributed by atoms with Gasteiger partial charge in [-0.25, -0.2) is 0 Å². The van der Waals surface area contributed by atoms with E-state index in [9.17, 15) is 0 Å². The van der Waals surface area contributed by atoms with Crippen molar-refractivity contribution >= 4 is 26.5 Å². The Labute approximate surface area is 116 Å². The van der Waals surface area contributed by atoms with Gasteiger partial charge in [-0.3, -0.25) is 0 Å². The zero-order valence-electron chi connectivity index (χ0n) is 12.4. The van der Waals surface area contributed by atoms with Gasteiger partial charge in [0.1, 0.15) is 0 Å². The summed E-state index contributed by atoms with van der Waals surface area (Å²) in [7, 11) is 0.133. The standard InChI is InChI=1S/C16H28P2/c1-5-7-13-17(3)15-11-9-10-12-16(15)18(4)14-8-6-2/h9-12H,5-8,13-14H2,1-4H3/t17-,18-/m1/s1. The van der Waals surface area contributed by atoms with Gasteiger partial charge in [0, 0.05) is 0 Å². The lowest BCUT2D eigenvalue weighted by atomic mass is 10.4. The summed E-state index contributed by atoms with van der Waals surface area (Å²) in [4.78, 5) is 0. The Bertz CT molecular complexity index is 303. The van der Waals surface area contributed by atoms with Crippen molar-refractivity contribution in [3.8, 4) is 0 Å². The largest absolute Gasteiger partial charge is 0.0778 e. The highest BCUT2D eigenvalue weighted by Crippen LogP contribution is 2.36. The molecule has 0 amide bonds. The fraction of sp³-hybridized carbons (Fsp3) is 0.625. The molecule has 0 bridgehead atoms. The van der Waals surface area contributed by atoms with Crippen LogP contribution in [-0.2, 0) is 0 Å². The van der Waals surface area contributed by atoms with E-state index in [4.69, 9.17) is 0 Å². The minimum Gasteiger partial charge on any atom is -0.0778 e. The predicted octanol–water partition coefficient (Wildman–Crippen LogP) is 4.76. The van der Waals surface area contributed by atoms with Gasteiger partial charge in [0.15, 0.2) is 0 Å². The minimum atomic E-state index is 0.0664. The first kappa shape index (κ1) is 16.1. The number of benzene rings is 1. The molecule has 0 aromatic heterocycles. The van der Waals surface area contributed by atoms with Crippen LogP contribution in [0.25, 0.3) is 0 Å². The second-order valence-electron chi connectivity index (χ2n) is 5.04. The van der Waals surface area contributed by atoms with Crippen molar-refractivity contribution in [3.05, 3.63) is 24.3 Å². The van der Waals surface area contributed by atoms with Crippen LogP contribution in [0.5, 0.6) is 0 Å². The summed E-state index contributed by atoms with van der Waals surface area (Å²) in [6.07, 6.45) is 8.22. The lowest BCUT2D eigenvalue weighted by molar-refractivity contribution is 0.892. The molecule has 1 aromatic rings. The highest BCUT2D eigenvalue weighted by Gasteiger charge is 2.13. The molecule has 0 fully saturated rings. The average Bonchev–Trinajstić information content (AvgIpc) is 2.42. The Morgan fingerprint density at radius 1 is 0.778 bits per heavy atom. The summed E-state index contributed by atoms with van der Waals surface area (Å²) in [5.74, 6) is 0. The zero-order valence-corrected chi connectivity index (χ0v) is 14.2. The highest BCUT2D eigenvalue weighted by atomic mass is 31.1. The summed E-state index contributed by atoms with van der Waals surface area (Å²) in [6.45, 7) is 9.52. The van der Waals surface area contributed by atoms with E-state index in [2.05, 4.69) is 51.4 Å². The average molecular weight is 282 g/mol. The molecule has 1 rings (SSSR count). The Kier molecular flexibility index (Phi) is 8.12. The van der Waals surface area contributed by atoms with E-state index < -0.39 is 0 Å². The van der Waals surface area contributed by atoms with Crippen molar-refractivity contribution in [2.45, 2.75) is 39.5 Å². The molecule has 0 N–H and O–H groups in total. The first-order valence-electron chi connectivity index (χ1n) is 7.22. The maximum Gasteiger partial charge on any atom is -0.0167 e. The lowest BCUT2D eigenvalue weighted by Crippen LogP contribution is -2.22. The van der Waals surface area contributed by atoms with E-state index in [1.807, 2.05) is 0 Å². The van der Waals surface area contributed by atoms with E-state index in [1.54, 1.807) is 10.6 Å². The molecular weight excluding hydrogens is 254 g/mol. The van der Waals surface area contributed by atoms with Gasteiger partial charge in [-0.1, -0.05) is 66.8 Å². The van der Waals surface area contributed by atoms with Gasteiger partial charge in [0.05, 0.1) is 0 Å². The second-order valence-corrected chi connectivity index (χ2v) is 9.69. The van der Waals surface area contributed by atoms with E-state index in [-0.39, 0.29) is 15.8 Å². The molecule has 0 aliphatic rings. The number of unbranched alkanes of at least 4 members (excludes halogenated alkanes) is 2. The Hall–Kier alpha value is 0.0800. The molecule has 0 aliphatic carbocycles. The molecule has 0 unspecified atom stereocenters. The fourth-order valence-electron chi connectivity index (χ4n) is 2.14. The monoisotopic (exact) mass is 282 g/mol. The van der Waals surface area contributed by atoms with Crippen LogP contribution in [0.1, 0.15) is 39.5 Å². The summed E-state index contributed by atoms with van der Waals surface area (Å²) in [6, 6.07) is 9.24. The van der Waals surface area contributed by atoms with Crippen LogP contribution in [0.4, 0.5) is 0 Å². The molecule has 102 valence electrons. The lowest BCUT2D eigenvalue weighted by Gasteiger charge is -2.21. The Balaban J connectivity index is 2.77.